The molecular formula is C20H16Cl2. The van der Waals surface area contributed by atoms with Gasteiger partial charge in [0.1, 0.15) is 0 Å². The summed E-state index contributed by atoms with van der Waals surface area (Å²) in [5.74, 6) is 0. The molecule has 0 spiro atoms. The van der Waals surface area contributed by atoms with Crippen LogP contribution < -0.4 is 0 Å². The Morgan fingerprint density at radius 2 is 1.18 bits per heavy atom. The molecule has 0 unspecified atom stereocenters. The summed E-state index contributed by atoms with van der Waals surface area (Å²) >= 11 is 11.9. The maximum atomic E-state index is 5.95. The third-order valence-electron chi connectivity index (χ3n) is 3.86. The Balaban J connectivity index is 1.84. The zero-order chi connectivity index (χ0) is 15.5. The van der Waals surface area contributed by atoms with Crippen LogP contribution in [0.2, 0.25) is 10.0 Å². The highest BCUT2D eigenvalue weighted by molar-refractivity contribution is 6.30. The average Bonchev–Trinajstić information content (AvgIpc) is 2.85. The van der Waals surface area contributed by atoms with E-state index >= 15 is 0 Å². The minimum atomic E-state index is 0.766. The van der Waals surface area contributed by atoms with Gasteiger partial charge < -0.3 is 0 Å². The predicted molar refractivity (Wildman–Crippen MR) is 95.6 cm³/mol. The van der Waals surface area contributed by atoms with Gasteiger partial charge in [0.25, 0.3) is 0 Å². The number of benzene rings is 2. The van der Waals surface area contributed by atoms with E-state index in [4.69, 9.17) is 23.2 Å². The molecule has 0 radical (unpaired) electrons. The van der Waals surface area contributed by atoms with E-state index in [0.717, 1.165) is 28.5 Å². The number of halogens is 2. The fourth-order valence-corrected chi connectivity index (χ4v) is 2.88. The molecule has 0 fully saturated rings. The maximum Gasteiger partial charge on any atom is 0.0406 e. The Labute approximate surface area is 141 Å². The molecule has 2 aromatic carbocycles. The third kappa shape index (κ3) is 3.52. The molecule has 0 aromatic heterocycles. The van der Waals surface area contributed by atoms with Crippen LogP contribution >= 0.6 is 23.2 Å². The number of hydrogen-bond donors (Lipinski definition) is 0. The topological polar surface area (TPSA) is 0 Å². The van der Waals surface area contributed by atoms with Crippen molar-refractivity contribution in [3.63, 3.8) is 0 Å². The molecular weight excluding hydrogens is 311 g/mol. The first kappa shape index (κ1) is 15.1. The second kappa shape index (κ2) is 6.56. The number of rotatable bonds is 4. The zero-order valence-electron chi connectivity index (χ0n) is 12.2. The third-order valence-corrected chi connectivity index (χ3v) is 4.37. The zero-order valence-corrected chi connectivity index (χ0v) is 13.7. The van der Waals surface area contributed by atoms with Gasteiger partial charge in [0.05, 0.1) is 0 Å². The Bertz CT molecular complexity index is 698. The van der Waals surface area contributed by atoms with Crippen molar-refractivity contribution in [3.8, 4) is 0 Å². The van der Waals surface area contributed by atoms with Crippen LogP contribution in [-0.2, 0) is 12.8 Å². The van der Waals surface area contributed by atoms with Crippen LogP contribution in [0.15, 0.2) is 84.0 Å². The largest absolute Gasteiger partial charge is 0.0915 e. The van der Waals surface area contributed by atoms with Gasteiger partial charge in [-0.25, -0.2) is 0 Å². The van der Waals surface area contributed by atoms with E-state index in [1.165, 1.54) is 22.3 Å². The molecule has 22 heavy (non-hydrogen) atoms. The van der Waals surface area contributed by atoms with Gasteiger partial charge in [-0.2, -0.15) is 0 Å². The van der Waals surface area contributed by atoms with Gasteiger partial charge >= 0.3 is 0 Å². The van der Waals surface area contributed by atoms with Gasteiger partial charge in [0, 0.05) is 10.0 Å². The summed E-state index contributed by atoms with van der Waals surface area (Å²) in [6, 6.07) is 16.0. The van der Waals surface area contributed by atoms with E-state index in [2.05, 4.69) is 43.0 Å². The van der Waals surface area contributed by atoms with Crippen molar-refractivity contribution >= 4 is 23.2 Å². The molecule has 1 aliphatic rings. The second-order valence-corrected chi connectivity index (χ2v) is 6.34. The van der Waals surface area contributed by atoms with Crippen molar-refractivity contribution in [2.75, 3.05) is 0 Å². The van der Waals surface area contributed by atoms with Gasteiger partial charge in [-0.3, -0.25) is 0 Å². The quantitative estimate of drug-likeness (QED) is 0.627. The molecule has 0 saturated carbocycles. The summed E-state index contributed by atoms with van der Waals surface area (Å²) in [6.45, 7) is 4.16. The first-order chi connectivity index (χ1) is 10.6. The Kier molecular flexibility index (Phi) is 4.52. The molecule has 0 N–H and O–H groups in total. The molecule has 0 nitrogen and oxygen atoms in total. The van der Waals surface area contributed by atoms with Crippen LogP contribution in [0.25, 0.3) is 0 Å². The lowest BCUT2D eigenvalue weighted by atomic mass is 9.95. The van der Waals surface area contributed by atoms with Crippen molar-refractivity contribution in [3.05, 3.63) is 105 Å². The van der Waals surface area contributed by atoms with Crippen LogP contribution in [0.5, 0.6) is 0 Å². The molecule has 0 heterocycles. The van der Waals surface area contributed by atoms with Crippen LogP contribution in [0.3, 0.4) is 0 Å². The number of hydrogen-bond acceptors (Lipinski definition) is 0. The molecule has 1 aliphatic carbocycles. The van der Waals surface area contributed by atoms with Crippen LogP contribution in [0, 0.1) is 0 Å². The normalized spacial score (nSPS) is 14.0. The summed E-state index contributed by atoms with van der Waals surface area (Å²) in [5, 5.41) is 1.54. The SMILES string of the molecule is C=C1C=CC(Cc2ccc(Cl)cc2)=C1Cc1ccc(Cl)cc1. The van der Waals surface area contributed by atoms with E-state index in [-0.39, 0.29) is 0 Å². The van der Waals surface area contributed by atoms with Crippen LogP contribution in [-0.4, -0.2) is 0 Å². The smallest absolute Gasteiger partial charge is 0.0406 e. The molecule has 0 saturated heterocycles. The van der Waals surface area contributed by atoms with E-state index in [0.29, 0.717) is 0 Å². The lowest BCUT2D eigenvalue weighted by Gasteiger charge is -2.10. The predicted octanol–water partition coefficient (Wildman–Crippen LogP) is 6.20. The fourth-order valence-electron chi connectivity index (χ4n) is 2.63. The maximum absolute atomic E-state index is 5.95. The Morgan fingerprint density at radius 3 is 1.73 bits per heavy atom. The van der Waals surface area contributed by atoms with Crippen molar-refractivity contribution in [1.82, 2.24) is 0 Å². The molecule has 0 amide bonds. The van der Waals surface area contributed by atoms with Crippen LogP contribution in [0.1, 0.15) is 11.1 Å². The van der Waals surface area contributed by atoms with E-state index in [9.17, 15) is 0 Å². The molecule has 2 aromatic rings. The summed E-state index contributed by atoms with van der Waals surface area (Å²) in [7, 11) is 0. The Hall–Kier alpha value is -1.76. The van der Waals surface area contributed by atoms with Gasteiger partial charge in [-0.1, -0.05) is 66.2 Å². The Morgan fingerprint density at radius 1 is 0.682 bits per heavy atom. The van der Waals surface area contributed by atoms with Gasteiger partial charge in [0.2, 0.25) is 0 Å². The number of allylic oxidation sites excluding steroid dienone is 5. The molecule has 0 atom stereocenters. The molecule has 2 heteroatoms. The monoisotopic (exact) mass is 326 g/mol. The van der Waals surface area contributed by atoms with Gasteiger partial charge in [-0.05, 0) is 65.0 Å². The second-order valence-electron chi connectivity index (χ2n) is 5.47. The minimum Gasteiger partial charge on any atom is -0.0915 e. The standard InChI is InChI=1S/C20H16Cl2/c1-14-2-7-17(12-15-3-8-18(21)9-4-15)20(14)13-16-5-10-19(22)11-6-16/h2-11H,1,12-13H2. The van der Waals surface area contributed by atoms with E-state index in [1.807, 2.05) is 24.3 Å². The van der Waals surface area contributed by atoms with Crippen LogP contribution in [0.4, 0.5) is 0 Å². The van der Waals surface area contributed by atoms with Crippen molar-refractivity contribution in [2.24, 2.45) is 0 Å². The van der Waals surface area contributed by atoms with Crippen molar-refractivity contribution < 1.29 is 0 Å². The van der Waals surface area contributed by atoms with Gasteiger partial charge in [0.15, 0.2) is 0 Å². The fraction of sp³-hybridized carbons (Fsp3) is 0.100. The highest BCUT2D eigenvalue weighted by Crippen LogP contribution is 2.29. The average molecular weight is 327 g/mol. The van der Waals surface area contributed by atoms with Crippen molar-refractivity contribution in [2.45, 2.75) is 12.8 Å². The molecule has 0 bridgehead atoms. The summed E-state index contributed by atoms with van der Waals surface area (Å²) in [6.07, 6.45) is 6.04. The lowest BCUT2D eigenvalue weighted by molar-refractivity contribution is 1.10. The summed E-state index contributed by atoms with van der Waals surface area (Å²) in [5.41, 5.74) is 6.23. The summed E-state index contributed by atoms with van der Waals surface area (Å²) in [4.78, 5) is 0. The van der Waals surface area contributed by atoms with Gasteiger partial charge in [-0.15, -0.1) is 0 Å². The highest BCUT2D eigenvalue weighted by Gasteiger charge is 2.14. The first-order valence-electron chi connectivity index (χ1n) is 7.20. The van der Waals surface area contributed by atoms with Crippen molar-refractivity contribution in [1.29, 1.82) is 0 Å². The molecule has 0 aliphatic heterocycles. The lowest BCUT2D eigenvalue weighted by Crippen LogP contribution is -1.96. The highest BCUT2D eigenvalue weighted by atomic mass is 35.5. The molecule has 3 rings (SSSR count). The first-order valence-corrected chi connectivity index (χ1v) is 7.96. The summed E-state index contributed by atoms with van der Waals surface area (Å²) < 4.78 is 0. The van der Waals surface area contributed by atoms with E-state index in [1.54, 1.807) is 0 Å². The minimum absolute atomic E-state index is 0.766. The van der Waals surface area contributed by atoms with E-state index < -0.39 is 0 Å². The molecule has 110 valence electrons.